The predicted octanol–water partition coefficient (Wildman–Crippen LogP) is 4.57. The molecule has 14 heteroatoms. The van der Waals surface area contributed by atoms with Crippen LogP contribution in [-0.2, 0) is 25.6 Å². The molecule has 1 N–H and O–H groups in total. The van der Waals surface area contributed by atoms with Crippen molar-refractivity contribution in [2.45, 2.75) is 29.0 Å². The van der Waals surface area contributed by atoms with Crippen molar-refractivity contribution >= 4 is 74.1 Å². The predicted molar refractivity (Wildman–Crippen MR) is 160 cm³/mol. The number of amides is 4. The summed E-state index contributed by atoms with van der Waals surface area (Å²) in [5.41, 5.74) is 1.63. The van der Waals surface area contributed by atoms with Gasteiger partial charge in [-0.2, -0.15) is 0 Å². The maximum absolute atomic E-state index is 14.1. The van der Waals surface area contributed by atoms with Gasteiger partial charge in [-0.05, 0) is 54.7 Å². The van der Waals surface area contributed by atoms with Gasteiger partial charge < -0.3 is 9.84 Å². The van der Waals surface area contributed by atoms with Crippen LogP contribution in [0.1, 0.15) is 18.4 Å². The lowest BCUT2D eigenvalue weighted by Gasteiger charge is -2.51. The Bertz CT molecular complexity index is 1760. The summed E-state index contributed by atoms with van der Waals surface area (Å²) in [6, 6.07) is 9.77. The number of phenolic OH excluding ortho intramolecular Hbond substituents is 1. The van der Waals surface area contributed by atoms with Crippen LogP contribution in [0.2, 0.25) is 0 Å². The molecule has 0 aromatic heterocycles. The molecule has 0 spiro atoms. The SMILES string of the molecule is O=C1C2CC=C3C(CC4(Cl)C(=O)N(CBr)C(=O)C4(Cl)C3C3=COc4ccc(O)cc4C3)C2C(=O)N1c1ccc([N+](=O)[O-])cc1. The number of allylic oxidation sites excluding steroid dienone is 3. The van der Waals surface area contributed by atoms with E-state index in [0.29, 0.717) is 22.5 Å². The van der Waals surface area contributed by atoms with Crippen LogP contribution < -0.4 is 9.64 Å². The van der Waals surface area contributed by atoms with Gasteiger partial charge in [-0.1, -0.05) is 27.6 Å². The quantitative estimate of drug-likeness (QED) is 0.122. The van der Waals surface area contributed by atoms with Gasteiger partial charge in [0, 0.05) is 30.0 Å². The van der Waals surface area contributed by atoms with Crippen LogP contribution in [0.25, 0.3) is 0 Å². The lowest BCUT2D eigenvalue weighted by Crippen LogP contribution is -2.61. The molecule has 6 atom stereocenters. The van der Waals surface area contributed by atoms with Crippen molar-refractivity contribution in [3.8, 4) is 11.5 Å². The summed E-state index contributed by atoms with van der Waals surface area (Å²) in [4.78, 5) is 64.1. The summed E-state index contributed by atoms with van der Waals surface area (Å²) in [6.07, 6.45) is 3.49. The number of rotatable bonds is 4. The van der Waals surface area contributed by atoms with Crippen molar-refractivity contribution in [1.29, 1.82) is 0 Å². The van der Waals surface area contributed by atoms with Crippen LogP contribution in [0.15, 0.2) is 65.9 Å². The van der Waals surface area contributed by atoms with Crippen LogP contribution >= 0.6 is 39.1 Å². The summed E-state index contributed by atoms with van der Waals surface area (Å²) in [6.45, 7) is 0. The fourth-order valence-corrected chi connectivity index (χ4v) is 8.98. The molecule has 226 valence electrons. The number of nitrogens with zero attached hydrogens (tertiary/aromatic N) is 3. The fourth-order valence-electron chi connectivity index (χ4n) is 7.54. The van der Waals surface area contributed by atoms with Gasteiger partial charge in [-0.3, -0.25) is 39.1 Å². The Hall–Kier alpha value is -3.74. The van der Waals surface area contributed by atoms with Gasteiger partial charge in [0.2, 0.25) is 11.8 Å². The van der Waals surface area contributed by atoms with E-state index in [4.69, 9.17) is 27.9 Å². The summed E-state index contributed by atoms with van der Waals surface area (Å²) < 4.78 is 5.89. The third-order valence-corrected chi connectivity index (χ3v) is 11.4. The molecule has 2 aromatic rings. The molecule has 3 heterocycles. The Morgan fingerprint density at radius 2 is 1.77 bits per heavy atom. The molecule has 11 nitrogen and oxygen atoms in total. The van der Waals surface area contributed by atoms with Crippen molar-refractivity contribution in [3.05, 3.63) is 81.6 Å². The van der Waals surface area contributed by atoms with E-state index < -0.39 is 62.0 Å². The first-order valence-corrected chi connectivity index (χ1v) is 15.6. The molecule has 2 saturated heterocycles. The van der Waals surface area contributed by atoms with Crippen molar-refractivity contribution < 1.29 is 33.9 Å². The summed E-state index contributed by atoms with van der Waals surface area (Å²) in [5.74, 6) is -5.27. The highest BCUT2D eigenvalue weighted by Gasteiger charge is 2.76. The van der Waals surface area contributed by atoms with Gasteiger partial charge in [-0.25, -0.2) is 0 Å². The van der Waals surface area contributed by atoms with Crippen LogP contribution in [-0.4, -0.2) is 53.8 Å². The number of anilines is 1. The van der Waals surface area contributed by atoms with Crippen molar-refractivity contribution in [2.24, 2.45) is 23.7 Å². The number of phenols is 1. The Morgan fingerprint density at radius 1 is 1.05 bits per heavy atom. The number of carbonyl (C=O) groups excluding carboxylic acids is 4. The van der Waals surface area contributed by atoms with Gasteiger partial charge >= 0.3 is 0 Å². The highest BCUT2D eigenvalue weighted by Crippen LogP contribution is 2.65. The third kappa shape index (κ3) is 3.73. The minimum absolute atomic E-state index is 0.0149. The van der Waals surface area contributed by atoms with E-state index >= 15 is 0 Å². The second-order valence-corrected chi connectivity index (χ2v) is 13.3. The molecular formula is C30H22BrCl2N3O8. The lowest BCUT2D eigenvalue weighted by molar-refractivity contribution is -0.384. The molecule has 5 aliphatic rings. The Morgan fingerprint density at radius 3 is 2.45 bits per heavy atom. The number of halogens is 3. The molecule has 2 aliphatic carbocycles. The minimum Gasteiger partial charge on any atom is -0.508 e. The number of ether oxygens (including phenoxy) is 1. The second-order valence-electron chi connectivity index (χ2n) is 11.6. The zero-order valence-corrected chi connectivity index (χ0v) is 25.7. The Kier molecular flexibility index (Phi) is 6.51. The van der Waals surface area contributed by atoms with Crippen LogP contribution in [0, 0.1) is 33.8 Å². The number of hydrogen-bond acceptors (Lipinski definition) is 8. The first-order valence-electron chi connectivity index (χ1n) is 13.7. The van der Waals surface area contributed by atoms with Gasteiger partial charge in [0.25, 0.3) is 17.5 Å². The highest BCUT2D eigenvalue weighted by molar-refractivity contribution is 9.09. The van der Waals surface area contributed by atoms with E-state index in [9.17, 15) is 34.4 Å². The molecule has 0 bridgehead atoms. The van der Waals surface area contributed by atoms with E-state index in [0.717, 1.165) is 9.80 Å². The van der Waals surface area contributed by atoms with Crippen molar-refractivity contribution in [1.82, 2.24) is 4.90 Å². The lowest BCUT2D eigenvalue weighted by atomic mass is 9.56. The van der Waals surface area contributed by atoms with Gasteiger partial charge in [0.15, 0.2) is 9.75 Å². The minimum atomic E-state index is -1.97. The number of benzene rings is 2. The van der Waals surface area contributed by atoms with Gasteiger partial charge in [0.05, 0.1) is 34.2 Å². The first-order chi connectivity index (χ1) is 20.9. The fraction of sp³-hybridized carbons (Fsp3) is 0.333. The summed E-state index contributed by atoms with van der Waals surface area (Å²) in [7, 11) is 0. The largest absolute Gasteiger partial charge is 0.508 e. The van der Waals surface area contributed by atoms with Crippen molar-refractivity contribution in [3.63, 3.8) is 0 Å². The molecular weight excluding hydrogens is 681 g/mol. The number of nitro groups is 1. The van der Waals surface area contributed by atoms with E-state index in [1.165, 1.54) is 42.7 Å². The molecule has 1 saturated carbocycles. The monoisotopic (exact) mass is 701 g/mol. The standard InChI is InChI=1S/C30H22BrCl2N3O8/c31-13-34-27(40)29(32)11-21-19(24(30(29,33)28(34)41)15-9-14-10-18(37)5-8-22(14)44-12-15)6-7-20-23(21)26(39)35(25(20)38)16-1-3-17(4-2-16)36(42)43/h1-6,8,10,12,20-21,23-24,37H,7,9,11,13H2. The molecule has 4 amide bonds. The summed E-state index contributed by atoms with van der Waals surface area (Å²) >= 11 is 17.7. The average Bonchev–Trinajstić information content (AvgIpc) is 3.34. The zero-order valence-electron chi connectivity index (χ0n) is 22.6. The van der Waals surface area contributed by atoms with E-state index in [1.807, 2.05) is 6.08 Å². The molecule has 3 fully saturated rings. The normalized spacial score (nSPS) is 32.3. The number of likely N-dealkylation sites (tertiary alicyclic amines) is 1. The highest BCUT2D eigenvalue weighted by atomic mass is 79.9. The number of carbonyl (C=O) groups is 4. The number of non-ortho nitro benzene ring substituents is 1. The molecule has 3 aliphatic heterocycles. The number of aromatic hydroxyl groups is 1. The maximum Gasteiger partial charge on any atom is 0.269 e. The average molecular weight is 703 g/mol. The smallest absolute Gasteiger partial charge is 0.269 e. The van der Waals surface area contributed by atoms with Crippen LogP contribution in [0.4, 0.5) is 11.4 Å². The first kappa shape index (κ1) is 29.0. The Balaban J connectivity index is 1.34. The number of alkyl halides is 3. The van der Waals surface area contributed by atoms with Crippen molar-refractivity contribution in [2.75, 3.05) is 10.4 Å². The number of nitro benzene ring substituents is 1. The molecule has 44 heavy (non-hydrogen) atoms. The molecule has 6 unspecified atom stereocenters. The topological polar surface area (TPSA) is 147 Å². The molecule has 7 rings (SSSR count). The van der Waals surface area contributed by atoms with E-state index in [2.05, 4.69) is 15.9 Å². The maximum atomic E-state index is 14.1. The molecule has 0 radical (unpaired) electrons. The van der Waals surface area contributed by atoms with E-state index in [-0.39, 0.29) is 41.8 Å². The zero-order chi connectivity index (χ0) is 31.3. The van der Waals surface area contributed by atoms with Gasteiger partial charge in [-0.15, -0.1) is 23.2 Å². The third-order valence-electron chi connectivity index (χ3n) is 9.48. The van der Waals surface area contributed by atoms with Crippen LogP contribution in [0.3, 0.4) is 0 Å². The number of hydrogen-bond donors (Lipinski definition) is 1. The van der Waals surface area contributed by atoms with E-state index in [1.54, 1.807) is 6.07 Å². The molecule has 2 aromatic carbocycles. The Labute approximate surface area is 268 Å². The van der Waals surface area contributed by atoms with Gasteiger partial charge in [0.1, 0.15) is 11.5 Å². The number of imide groups is 2. The second kappa shape index (κ2) is 9.88. The summed E-state index contributed by atoms with van der Waals surface area (Å²) in [5, 5.41) is 21.3. The van der Waals surface area contributed by atoms with Crippen LogP contribution in [0.5, 0.6) is 11.5 Å². The number of fused-ring (bicyclic) bond motifs is 5.